The third-order valence-corrected chi connectivity index (χ3v) is 3.56. The Morgan fingerprint density at radius 1 is 1.39 bits per heavy atom. The Morgan fingerprint density at radius 2 is 2.22 bits per heavy atom. The minimum absolute atomic E-state index is 0.0315. The molecule has 18 heavy (non-hydrogen) atoms. The van der Waals surface area contributed by atoms with E-state index in [2.05, 4.69) is 19.7 Å². The van der Waals surface area contributed by atoms with Crippen LogP contribution in [0.1, 0.15) is 5.56 Å². The van der Waals surface area contributed by atoms with Gasteiger partial charge in [0, 0.05) is 18.8 Å². The van der Waals surface area contributed by atoms with E-state index < -0.39 is 10.0 Å². The van der Waals surface area contributed by atoms with Gasteiger partial charge in [0.25, 0.3) is 10.0 Å². The van der Waals surface area contributed by atoms with Gasteiger partial charge in [-0.05, 0) is 5.56 Å². The predicted octanol–water partition coefficient (Wildman–Crippen LogP) is 0.292. The van der Waals surface area contributed by atoms with Gasteiger partial charge in [-0.15, -0.1) is 0 Å². The first-order valence-corrected chi connectivity index (χ1v) is 6.57. The van der Waals surface area contributed by atoms with Crippen molar-refractivity contribution in [1.82, 2.24) is 19.7 Å². The number of methoxy groups -OCH3 is 1. The maximum atomic E-state index is 11.8. The van der Waals surface area contributed by atoms with Gasteiger partial charge in [-0.1, -0.05) is 6.07 Å². The molecule has 0 aromatic carbocycles. The molecule has 2 N–H and O–H groups in total. The number of nitrogens with one attached hydrogen (secondary N) is 2. The zero-order valence-electron chi connectivity index (χ0n) is 9.62. The highest BCUT2D eigenvalue weighted by Crippen LogP contribution is 2.08. The number of ether oxygens (including phenoxy) is 1. The Bertz CT molecular complexity index is 593. The van der Waals surface area contributed by atoms with Gasteiger partial charge >= 0.3 is 0 Å². The van der Waals surface area contributed by atoms with Gasteiger partial charge in [0.05, 0.1) is 19.6 Å². The minimum Gasteiger partial charge on any atom is -0.481 e. The van der Waals surface area contributed by atoms with Crippen molar-refractivity contribution in [3.05, 3.63) is 36.4 Å². The number of hydrogen-bond donors (Lipinski definition) is 2. The zero-order valence-corrected chi connectivity index (χ0v) is 10.4. The van der Waals surface area contributed by atoms with Crippen molar-refractivity contribution in [3.63, 3.8) is 0 Å². The molecule has 0 aliphatic heterocycles. The highest BCUT2D eigenvalue weighted by molar-refractivity contribution is 7.89. The lowest BCUT2D eigenvalue weighted by Gasteiger charge is -2.05. The predicted molar refractivity (Wildman–Crippen MR) is 63.4 cm³/mol. The van der Waals surface area contributed by atoms with Crippen LogP contribution in [0.5, 0.6) is 5.88 Å². The van der Waals surface area contributed by atoms with Crippen LogP contribution in [0.3, 0.4) is 0 Å². The van der Waals surface area contributed by atoms with Crippen LogP contribution in [0.15, 0.2) is 35.9 Å². The largest absolute Gasteiger partial charge is 0.481 e. The van der Waals surface area contributed by atoms with E-state index in [-0.39, 0.29) is 11.6 Å². The Kier molecular flexibility index (Phi) is 3.58. The molecular weight excluding hydrogens is 256 g/mol. The number of imidazole rings is 1. The normalized spacial score (nSPS) is 11.4. The summed E-state index contributed by atoms with van der Waals surface area (Å²) in [5.41, 5.74) is 0.735. The molecule has 0 saturated carbocycles. The molecule has 0 aliphatic rings. The molecule has 2 heterocycles. The quantitative estimate of drug-likeness (QED) is 0.812. The van der Waals surface area contributed by atoms with Gasteiger partial charge in [-0.2, -0.15) is 0 Å². The second-order valence-corrected chi connectivity index (χ2v) is 5.18. The van der Waals surface area contributed by atoms with E-state index >= 15 is 0 Å². The molecule has 0 aliphatic carbocycles. The van der Waals surface area contributed by atoms with Crippen molar-refractivity contribution in [1.29, 1.82) is 0 Å². The second-order valence-electron chi connectivity index (χ2n) is 3.45. The molecule has 96 valence electrons. The summed E-state index contributed by atoms with van der Waals surface area (Å²) in [6.45, 7) is 0.151. The fourth-order valence-corrected chi connectivity index (χ4v) is 2.20. The van der Waals surface area contributed by atoms with Gasteiger partial charge in [-0.3, -0.25) is 0 Å². The van der Waals surface area contributed by atoms with E-state index in [1.54, 1.807) is 18.3 Å². The SMILES string of the molecule is COc1ccc(CNS(=O)(=O)c2cnc[nH]2)cn1. The molecule has 2 rings (SSSR count). The van der Waals surface area contributed by atoms with Crippen LogP contribution in [0.2, 0.25) is 0 Å². The average Bonchev–Trinajstić information content (AvgIpc) is 2.92. The molecule has 0 radical (unpaired) electrons. The molecule has 8 heteroatoms. The summed E-state index contributed by atoms with van der Waals surface area (Å²) < 4.78 is 30.9. The van der Waals surface area contributed by atoms with Crippen molar-refractivity contribution >= 4 is 10.0 Å². The number of aromatic nitrogens is 3. The lowest BCUT2D eigenvalue weighted by molar-refractivity contribution is 0.397. The summed E-state index contributed by atoms with van der Waals surface area (Å²) >= 11 is 0. The molecule has 2 aromatic rings. The molecule has 0 saturated heterocycles. The van der Waals surface area contributed by atoms with Crippen LogP contribution in [0.4, 0.5) is 0 Å². The van der Waals surface area contributed by atoms with Crippen molar-refractivity contribution in [2.75, 3.05) is 7.11 Å². The van der Waals surface area contributed by atoms with Crippen LogP contribution < -0.4 is 9.46 Å². The number of pyridine rings is 1. The van der Waals surface area contributed by atoms with Crippen molar-refractivity contribution in [2.45, 2.75) is 11.6 Å². The topological polar surface area (TPSA) is 97.0 Å². The molecule has 7 nitrogen and oxygen atoms in total. The Morgan fingerprint density at radius 3 is 2.78 bits per heavy atom. The second kappa shape index (κ2) is 5.15. The summed E-state index contributed by atoms with van der Waals surface area (Å²) in [4.78, 5) is 10.2. The molecule has 0 spiro atoms. The lowest BCUT2D eigenvalue weighted by atomic mass is 10.3. The highest BCUT2D eigenvalue weighted by Gasteiger charge is 2.14. The lowest BCUT2D eigenvalue weighted by Crippen LogP contribution is -2.23. The molecule has 0 atom stereocenters. The van der Waals surface area contributed by atoms with Gasteiger partial charge in [0.2, 0.25) is 5.88 Å². The summed E-state index contributed by atoms with van der Waals surface area (Å²) in [7, 11) is -2.04. The monoisotopic (exact) mass is 268 g/mol. The van der Waals surface area contributed by atoms with Gasteiger partial charge in [0.1, 0.15) is 0 Å². The molecular formula is C10H12N4O3S. The van der Waals surface area contributed by atoms with Crippen LogP contribution in [0, 0.1) is 0 Å². The molecule has 2 aromatic heterocycles. The van der Waals surface area contributed by atoms with E-state index in [1.807, 2.05) is 0 Å². The fourth-order valence-electron chi connectivity index (χ4n) is 1.28. The Balaban J connectivity index is 2.03. The standard InChI is InChI=1S/C10H12N4O3S/c1-17-9-3-2-8(4-12-9)5-14-18(15,16)10-6-11-7-13-10/h2-4,6-7,14H,5H2,1H3,(H,11,13). The fraction of sp³-hybridized carbons (Fsp3) is 0.200. The maximum Gasteiger partial charge on any atom is 0.257 e. The van der Waals surface area contributed by atoms with Crippen molar-refractivity contribution < 1.29 is 13.2 Å². The summed E-state index contributed by atoms with van der Waals surface area (Å²) in [5.74, 6) is 0.482. The highest BCUT2D eigenvalue weighted by atomic mass is 32.2. The summed E-state index contributed by atoms with van der Waals surface area (Å²) in [5, 5.41) is 0.0315. The maximum absolute atomic E-state index is 11.8. The van der Waals surface area contributed by atoms with Gasteiger partial charge in [0.15, 0.2) is 5.03 Å². The van der Waals surface area contributed by atoms with Gasteiger partial charge < -0.3 is 9.72 Å². The summed E-state index contributed by atoms with van der Waals surface area (Å²) in [6, 6.07) is 3.40. The van der Waals surface area contributed by atoms with Crippen LogP contribution in [-0.2, 0) is 16.6 Å². The number of aromatic amines is 1. The van der Waals surface area contributed by atoms with Crippen LogP contribution in [-0.4, -0.2) is 30.5 Å². The first kappa shape index (κ1) is 12.5. The summed E-state index contributed by atoms with van der Waals surface area (Å²) in [6.07, 6.45) is 4.10. The number of sulfonamides is 1. The average molecular weight is 268 g/mol. The minimum atomic E-state index is -3.56. The Labute approximate surface area is 104 Å². The smallest absolute Gasteiger partial charge is 0.257 e. The van der Waals surface area contributed by atoms with Gasteiger partial charge in [-0.25, -0.2) is 23.1 Å². The van der Waals surface area contributed by atoms with Crippen LogP contribution in [0.25, 0.3) is 0 Å². The van der Waals surface area contributed by atoms with E-state index in [9.17, 15) is 8.42 Å². The molecule has 0 unspecified atom stereocenters. The first-order valence-electron chi connectivity index (χ1n) is 5.09. The number of H-pyrrole nitrogens is 1. The molecule has 0 fully saturated rings. The van der Waals surface area contributed by atoms with Crippen molar-refractivity contribution in [3.8, 4) is 5.88 Å². The molecule has 0 amide bonds. The first-order chi connectivity index (χ1) is 8.62. The van der Waals surface area contributed by atoms with E-state index in [4.69, 9.17) is 4.74 Å². The number of rotatable bonds is 5. The van der Waals surface area contributed by atoms with Crippen LogP contribution >= 0.6 is 0 Å². The zero-order chi connectivity index (χ0) is 13.0. The third-order valence-electron chi connectivity index (χ3n) is 2.24. The third kappa shape index (κ3) is 2.84. The number of nitrogens with zero attached hydrogens (tertiary/aromatic N) is 2. The van der Waals surface area contributed by atoms with E-state index in [0.717, 1.165) is 5.56 Å². The Hall–Kier alpha value is -1.93. The molecule has 0 bridgehead atoms. The van der Waals surface area contributed by atoms with E-state index in [1.165, 1.54) is 19.6 Å². The number of hydrogen-bond acceptors (Lipinski definition) is 5. The van der Waals surface area contributed by atoms with Crippen molar-refractivity contribution in [2.24, 2.45) is 0 Å². The van der Waals surface area contributed by atoms with E-state index in [0.29, 0.717) is 5.88 Å².